The maximum atomic E-state index is 12.9. The van der Waals surface area contributed by atoms with Gasteiger partial charge in [0.2, 0.25) is 0 Å². The molecule has 0 unspecified atom stereocenters. The van der Waals surface area contributed by atoms with Gasteiger partial charge in [0.25, 0.3) is 5.91 Å². The van der Waals surface area contributed by atoms with Crippen molar-refractivity contribution in [1.82, 2.24) is 4.98 Å². The molecule has 1 aromatic heterocycles. The number of nitrogens with zero attached hydrogens (tertiary/aromatic N) is 1. The van der Waals surface area contributed by atoms with E-state index < -0.39 is 0 Å². The summed E-state index contributed by atoms with van der Waals surface area (Å²) in [6.45, 7) is 1.35. The van der Waals surface area contributed by atoms with Crippen molar-refractivity contribution in [2.24, 2.45) is 0 Å². The van der Waals surface area contributed by atoms with E-state index >= 15 is 0 Å². The molecule has 0 spiro atoms. The number of nitrogens with one attached hydrogen (secondary N) is 1. The Morgan fingerprint density at radius 1 is 1.06 bits per heavy atom. The molecular weight excluding hydrogens is 408 g/mol. The van der Waals surface area contributed by atoms with E-state index in [0.717, 1.165) is 51.7 Å². The fourth-order valence-corrected chi connectivity index (χ4v) is 4.63. The van der Waals surface area contributed by atoms with Crippen molar-refractivity contribution in [2.45, 2.75) is 18.9 Å². The number of aromatic nitrogens is 1. The molecule has 5 rings (SSSR count). The van der Waals surface area contributed by atoms with Crippen molar-refractivity contribution in [3.8, 4) is 16.3 Å². The van der Waals surface area contributed by atoms with Crippen LogP contribution in [0.3, 0.4) is 0 Å². The summed E-state index contributed by atoms with van der Waals surface area (Å²) in [5.41, 5.74) is 3.18. The van der Waals surface area contributed by atoms with Crippen LogP contribution < -0.4 is 10.1 Å². The zero-order valence-electron chi connectivity index (χ0n) is 16.9. The van der Waals surface area contributed by atoms with E-state index in [2.05, 4.69) is 11.4 Å². The monoisotopic (exact) mass is 430 g/mol. The SMILES string of the molecule is O=C(Nc1ccccc1-c1nc2ccccc2s1)c1ccc(OC[C@@H]2CCCO2)cc1. The van der Waals surface area contributed by atoms with Gasteiger partial charge in [0.1, 0.15) is 17.4 Å². The summed E-state index contributed by atoms with van der Waals surface area (Å²) in [5, 5.41) is 3.92. The van der Waals surface area contributed by atoms with Gasteiger partial charge < -0.3 is 14.8 Å². The van der Waals surface area contributed by atoms with E-state index in [1.165, 1.54) is 0 Å². The van der Waals surface area contributed by atoms with Gasteiger partial charge in [0.15, 0.2) is 0 Å². The third-order valence-electron chi connectivity index (χ3n) is 5.28. The smallest absolute Gasteiger partial charge is 0.255 e. The Morgan fingerprint density at radius 3 is 2.68 bits per heavy atom. The number of anilines is 1. The van der Waals surface area contributed by atoms with Crippen molar-refractivity contribution in [1.29, 1.82) is 0 Å². The molecule has 156 valence electrons. The molecule has 6 heteroatoms. The normalized spacial score (nSPS) is 15.8. The van der Waals surface area contributed by atoms with E-state index in [9.17, 15) is 4.79 Å². The zero-order chi connectivity index (χ0) is 21.0. The molecule has 1 saturated heterocycles. The van der Waals surface area contributed by atoms with Crippen LogP contribution in [0.25, 0.3) is 20.8 Å². The molecule has 0 bridgehead atoms. The fraction of sp³-hybridized carbons (Fsp3) is 0.200. The maximum absolute atomic E-state index is 12.9. The van der Waals surface area contributed by atoms with Gasteiger partial charge in [-0.25, -0.2) is 4.98 Å². The van der Waals surface area contributed by atoms with Gasteiger partial charge in [-0.3, -0.25) is 4.79 Å². The molecule has 1 fully saturated rings. The lowest BCUT2D eigenvalue weighted by molar-refractivity contribution is 0.0679. The third-order valence-corrected chi connectivity index (χ3v) is 6.35. The second-order valence-electron chi connectivity index (χ2n) is 7.46. The number of amides is 1. The van der Waals surface area contributed by atoms with Crippen LogP contribution in [-0.2, 0) is 4.74 Å². The lowest BCUT2D eigenvalue weighted by Gasteiger charge is -2.12. The molecule has 1 atom stereocenters. The average molecular weight is 431 g/mol. The summed E-state index contributed by atoms with van der Waals surface area (Å²) < 4.78 is 12.5. The summed E-state index contributed by atoms with van der Waals surface area (Å²) in [5.74, 6) is 0.571. The van der Waals surface area contributed by atoms with E-state index in [1.807, 2.05) is 54.6 Å². The molecule has 3 aromatic carbocycles. The molecule has 0 radical (unpaired) electrons. The number of hydrogen-bond acceptors (Lipinski definition) is 5. The maximum Gasteiger partial charge on any atom is 0.255 e. The Kier molecular flexibility index (Phi) is 5.65. The molecule has 1 aliphatic rings. The predicted molar refractivity (Wildman–Crippen MR) is 124 cm³/mol. The van der Waals surface area contributed by atoms with E-state index in [1.54, 1.807) is 23.5 Å². The second kappa shape index (κ2) is 8.88. The highest BCUT2D eigenvalue weighted by Gasteiger charge is 2.16. The minimum absolute atomic E-state index is 0.167. The molecule has 1 aliphatic heterocycles. The van der Waals surface area contributed by atoms with E-state index in [4.69, 9.17) is 14.5 Å². The summed E-state index contributed by atoms with van der Waals surface area (Å²) in [7, 11) is 0. The molecular formula is C25H22N2O3S. The highest BCUT2D eigenvalue weighted by Crippen LogP contribution is 2.34. The Morgan fingerprint density at radius 2 is 1.87 bits per heavy atom. The van der Waals surface area contributed by atoms with Crippen molar-refractivity contribution < 1.29 is 14.3 Å². The molecule has 4 aromatic rings. The Bertz CT molecular complexity index is 1160. The topological polar surface area (TPSA) is 60.5 Å². The molecule has 5 nitrogen and oxygen atoms in total. The number of fused-ring (bicyclic) bond motifs is 1. The van der Waals surface area contributed by atoms with Crippen molar-refractivity contribution in [3.05, 3.63) is 78.4 Å². The molecule has 0 saturated carbocycles. The standard InChI is InChI=1S/C25H22N2O3S/c28-24(17-11-13-18(14-12-17)30-16-19-6-5-15-29-19)26-21-8-2-1-7-20(21)25-27-22-9-3-4-10-23(22)31-25/h1-4,7-14,19H,5-6,15-16H2,(H,26,28)/t19-/m0/s1. The quantitative estimate of drug-likeness (QED) is 0.422. The average Bonchev–Trinajstić information content (AvgIpc) is 3.48. The number of para-hydroxylation sites is 2. The van der Waals surface area contributed by atoms with Gasteiger partial charge in [0, 0.05) is 17.7 Å². The summed E-state index contributed by atoms with van der Waals surface area (Å²) in [6.07, 6.45) is 2.29. The summed E-state index contributed by atoms with van der Waals surface area (Å²) in [6, 6.07) is 23.0. The number of carbonyl (C=O) groups is 1. The van der Waals surface area contributed by atoms with Gasteiger partial charge in [-0.2, -0.15) is 0 Å². The fourth-order valence-electron chi connectivity index (χ4n) is 3.63. The number of ether oxygens (including phenoxy) is 2. The number of benzene rings is 3. The zero-order valence-corrected chi connectivity index (χ0v) is 17.7. The van der Waals surface area contributed by atoms with Gasteiger partial charge >= 0.3 is 0 Å². The molecule has 1 N–H and O–H groups in total. The molecule has 31 heavy (non-hydrogen) atoms. The predicted octanol–water partition coefficient (Wildman–Crippen LogP) is 5.77. The largest absolute Gasteiger partial charge is 0.491 e. The van der Waals surface area contributed by atoms with E-state index in [-0.39, 0.29) is 12.0 Å². The Hall–Kier alpha value is -3.22. The highest BCUT2D eigenvalue weighted by molar-refractivity contribution is 7.21. The summed E-state index contributed by atoms with van der Waals surface area (Å²) >= 11 is 1.62. The number of rotatable bonds is 6. The minimum atomic E-state index is -0.167. The van der Waals surface area contributed by atoms with Gasteiger partial charge in [0.05, 0.1) is 22.0 Å². The first-order chi connectivity index (χ1) is 15.3. The molecule has 2 heterocycles. The van der Waals surface area contributed by atoms with Gasteiger partial charge in [-0.1, -0.05) is 24.3 Å². The van der Waals surface area contributed by atoms with Crippen LogP contribution >= 0.6 is 11.3 Å². The minimum Gasteiger partial charge on any atom is -0.491 e. The molecule has 0 aliphatic carbocycles. The van der Waals surface area contributed by atoms with Crippen LogP contribution in [0.1, 0.15) is 23.2 Å². The van der Waals surface area contributed by atoms with Crippen LogP contribution in [0.2, 0.25) is 0 Å². The Labute approximate surface area is 184 Å². The Balaban J connectivity index is 1.30. The van der Waals surface area contributed by atoms with Crippen LogP contribution in [0.4, 0.5) is 5.69 Å². The van der Waals surface area contributed by atoms with Gasteiger partial charge in [-0.15, -0.1) is 11.3 Å². The van der Waals surface area contributed by atoms with Crippen LogP contribution in [0.5, 0.6) is 5.75 Å². The van der Waals surface area contributed by atoms with Crippen LogP contribution in [0.15, 0.2) is 72.8 Å². The number of hydrogen-bond donors (Lipinski definition) is 1. The summed E-state index contributed by atoms with van der Waals surface area (Å²) in [4.78, 5) is 17.6. The first-order valence-electron chi connectivity index (χ1n) is 10.4. The molecule has 1 amide bonds. The highest BCUT2D eigenvalue weighted by atomic mass is 32.1. The first kappa shape index (κ1) is 19.7. The van der Waals surface area contributed by atoms with Gasteiger partial charge in [-0.05, 0) is 61.4 Å². The van der Waals surface area contributed by atoms with Crippen molar-refractivity contribution >= 4 is 33.1 Å². The van der Waals surface area contributed by atoms with Crippen molar-refractivity contribution in [2.75, 3.05) is 18.5 Å². The van der Waals surface area contributed by atoms with Crippen LogP contribution in [0, 0.1) is 0 Å². The second-order valence-corrected chi connectivity index (χ2v) is 8.49. The lowest BCUT2D eigenvalue weighted by atomic mass is 10.1. The number of thiazole rings is 1. The van der Waals surface area contributed by atoms with E-state index in [0.29, 0.717) is 12.2 Å². The van der Waals surface area contributed by atoms with Crippen molar-refractivity contribution in [3.63, 3.8) is 0 Å². The lowest BCUT2D eigenvalue weighted by Crippen LogP contribution is -2.16. The third kappa shape index (κ3) is 4.45. The number of carbonyl (C=O) groups excluding carboxylic acids is 1. The van der Waals surface area contributed by atoms with Crippen LogP contribution in [-0.4, -0.2) is 30.2 Å². The first-order valence-corrected chi connectivity index (χ1v) is 11.2.